The Balaban J connectivity index is 2.77. The monoisotopic (exact) mass is 286 g/mol. The van der Waals surface area contributed by atoms with Crippen LogP contribution in [0.1, 0.15) is 5.56 Å². The molecule has 0 aromatic heterocycles. The number of allylic oxidation sites excluding steroid dienone is 2. The van der Waals surface area contributed by atoms with Crippen molar-refractivity contribution in [2.45, 2.75) is 0 Å². The number of aliphatic carboxylic acids is 1. The lowest BCUT2D eigenvalue weighted by Gasteiger charge is -1.97. The minimum atomic E-state index is -0.971. The first-order valence-electron chi connectivity index (χ1n) is 4.12. The lowest BCUT2D eigenvalue weighted by atomic mass is 10.2. The van der Waals surface area contributed by atoms with Gasteiger partial charge in [-0.05, 0) is 17.7 Å². The van der Waals surface area contributed by atoms with Crippen molar-refractivity contribution in [1.82, 2.24) is 0 Å². The van der Waals surface area contributed by atoms with Gasteiger partial charge in [-0.2, -0.15) is 0 Å². The van der Waals surface area contributed by atoms with Crippen LogP contribution >= 0.6 is 27.5 Å². The van der Waals surface area contributed by atoms with Gasteiger partial charge in [0.15, 0.2) is 0 Å². The first-order chi connectivity index (χ1) is 7.09. The summed E-state index contributed by atoms with van der Waals surface area (Å²) in [6, 6.07) is 5.49. The van der Waals surface area contributed by atoms with E-state index in [0.717, 1.165) is 16.1 Å². The van der Waals surface area contributed by atoms with E-state index in [2.05, 4.69) is 15.9 Å². The highest BCUT2D eigenvalue weighted by Gasteiger charge is 1.95. The van der Waals surface area contributed by atoms with E-state index < -0.39 is 5.97 Å². The summed E-state index contributed by atoms with van der Waals surface area (Å²) in [6.07, 6.45) is 5.88. The highest BCUT2D eigenvalue weighted by molar-refractivity contribution is 9.10. The standard InChI is InChI=1S/C11H8BrClO2/c12-9-6-5-8(10(13)7-9)3-1-2-4-11(14)15/h1-7H,(H,14,15)/b3-1+,4-2+. The fourth-order valence-corrected chi connectivity index (χ4v) is 1.67. The van der Waals surface area contributed by atoms with E-state index >= 15 is 0 Å². The van der Waals surface area contributed by atoms with Crippen LogP contribution in [0.2, 0.25) is 5.02 Å². The van der Waals surface area contributed by atoms with Gasteiger partial charge in [-0.3, -0.25) is 0 Å². The molecular weight excluding hydrogens is 279 g/mol. The van der Waals surface area contributed by atoms with Crippen molar-refractivity contribution in [1.29, 1.82) is 0 Å². The molecule has 0 radical (unpaired) electrons. The molecule has 0 atom stereocenters. The normalized spacial score (nSPS) is 11.3. The first kappa shape index (κ1) is 12.0. The summed E-state index contributed by atoms with van der Waals surface area (Å²) in [5.74, 6) is -0.971. The van der Waals surface area contributed by atoms with Gasteiger partial charge in [0.2, 0.25) is 0 Å². The summed E-state index contributed by atoms with van der Waals surface area (Å²) < 4.78 is 0.908. The van der Waals surface area contributed by atoms with Gasteiger partial charge in [-0.25, -0.2) is 4.79 Å². The average Bonchev–Trinajstić information content (AvgIpc) is 2.14. The molecule has 1 aromatic carbocycles. The smallest absolute Gasteiger partial charge is 0.328 e. The molecule has 4 heteroatoms. The van der Waals surface area contributed by atoms with Crippen LogP contribution in [-0.2, 0) is 4.79 Å². The summed E-state index contributed by atoms with van der Waals surface area (Å²) in [5, 5.41) is 8.96. The summed E-state index contributed by atoms with van der Waals surface area (Å²) in [6.45, 7) is 0. The second kappa shape index (κ2) is 5.73. The highest BCUT2D eigenvalue weighted by Crippen LogP contribution is 2.22. The minimum absolute atomic E-state index is 0.615. The van der Waals surface area contributed by atoms with Gasteiger partial charge >= 0.3 is 5.97 Å². The Bertz CT molecular complexity index is 425. The predicted octanol–water partition coefficient (Wildman–Crippen LogP) is 3.76. The largest absolute Gasteiger partial charge is 0.478 e. The number of carbonyl (C=O) groups is 1. The Hall–Kier alpha value is -1.06. The van der Waals surface area contributed by atoms with Gasteiger partial charge in [0.05, 0.1) is 0 Å². The predicted molar refractivity (Wildman–Crippen MR) is 65.0 cm³/mol. The van der Waals surface area contributed by atoms with Crippen molar-refractivity contribution in [2.75, 3.05) is 0 Å². The second-order valence-electron chi connectivity index (χ2n) is 2.72. The maximum atomic E-state index is 10.2. The van der Waals surface area contributed by atoms with E-state index in [9.17, 15) is 4.79 Å². The van der Waals surface area contributed by atoms with Crippen LogP contribution in [0.5, 0.6) is 0 Å². The number of hydrogen-bond donors (Lipinski definition) is 1. The van der Waals surface area contributed by atoms with Crippen LogP contribution < -0.4 is 0 Å². The van der Waals surface area contributed by atoms with Gasteiger partial charge in [0.25, 0.3) is 0 Å². The molecule has 0 saturated carbocycles. The van der Waals surface area contributed by atoms with E-state index in [1.165, 1.54) is 6.08 Å². The molecule has 0 unspecified atom stereocenters. The molecule has 0 aliphatic heterocycles. The molecule has 78 valence electrons. The Morgan fingerprint density at radius 1 is 1.40 bits per heavy atom. The van der Waals surface area contributed by atoms with Gasteiger partial charge in [0, 0.05) is 15.6 Å². The Labute approximate surface area is 101 Å². The molecule has 0 spiro atoms. The number of carboxylic acid groups (broad SMARTS) is 1. The molecule has 0 heterocycles. The zero-order chi connectivity index (χ0) is 11.3. The Morgan fingerprint density at radius 2 is 2.13 bits per heavy atom. The molecule has 1 rings (SSSR count). The number of halogens is 2. The van der Waals surface area contributed by atoms with Crippen LogP contribution in [0, 0.1) is 0 Å². The van der Waals surface area contributed by atoms with Crippen LogP contribution in [0.4, 0.5) is 0 Å². The van der Waals surface area contributed by atoms with Crippen molar-refractivity contribution < 1.29 is 9.90 Å². The maximum Gasteiger partial charge on any atom is 0.328 e. The van der Waals surface area contributed by atoms with Crippen LogP contribution in [0.3, 0.4) is 0 Å². The molecule has 0 aliphatic rings. The van der Waals surface area contributed by atoms with E-state index in [0.29, 0.717) is 5.02 Å². The molecule has 0 saturated heterocycles. The van der Waals surface area contributed by atoms with E-state index in [4.69, 9.17) is 16.7 Å². The number of hydrogen-bond acceptors (Lipinski definition) is 1. The van der Waals surface area contributed by atoms with Crippen LogP contribution in [0.25, 0.3) is 6.08 Å². The second-order valence-corrected chi connectivity index (χ2v) is 4.05. The molecule has 15 heavy (non-hydrogen) atoms. The van der Waals surface area contributed by atoms with Gasteiger partial charge in [-0.1, -0.05) is 51.8 Å². The van der Waals surface area contributed by atoms with E-state index in [1.54, 1.807) is 18.2 Å². The molecule has 0 amide bonds. The number of benzene rings is 1. The van der Waals surface area contributed by atoms with Crippen molar-refractivity contribution >= 4 is 39.6 Å². The van der Waals surface area contributed by atoms with E-state index in [1.807, 2.05) is 12.1 Å². The Morgan fingerprint density at radius 3 is 2.73 bits per heavy atom. The fraction of sp³-hybridized carbons (Fsp3) is 0. The SMILES string of the molecule is O=C(O)/C=C/C=C/c1ccc(Br)cc1Cl. The molecule has 0 fully saturated rings. The third-order valence-corrected chi connectivity index (χ3v) is 2.41. The quantitative estimate of drug-likeness (QED) is 0.679. The fourth-order valence-electron chi connectivity index (χ4n) is 0.934. The highest BCUT2D eigenvalue weighted by atomic mass is 79.9. The van der Waals surface area contributed by atoms with Crippen molar-refractivity contribution in [3.8, 4) is 0 Å². The maximum absolute atomic E-state index is 10.2. The average molecular weight is 288 g/mol. The van der Waals surface area contributed by atoms with E-state index in [-0.39, 0.29) is 0 Å². The summed E-state index contributed by atoms with van der Waals surface area (Å²) in [4.78, 5) is 10.2. The molecule has 1 N–H and O–H groups in total. The number of carboxylic acids is 1. The molecule has 2 nitrogen and oxygen atoms in total. The van der Waals surface area contributed by atoms with Gasteiger partial charge in [0.1, 0.15) is 0 Å². The lowest BCUT2D eigenvalue weighted by Crippen LogP contribution is -1.84. The zero-order valence-corrected chi connectivity index (χ0v) is 9.99. The molecule has 0 bridgehead atoms. The van der Waals surface area contributed by atoms with Gasteiger partial charge < -0.3 is 5.11 Å². The lowest BCUT2D eigenvalue weighted by molar-refractivity contribution is -0.131. The number of rotatable bonds is 3. The van der Waals surface area contributed by atoms with Crippen molar-refractivity contribution in [3.63, 3.8) is 0 Å². The summed E-state index contributed by atoms with van der Waals surface area (Å²) in [5.41, 5.74) is 0.843. The first-order valence-corrected chi connectivity index (χ1v) is 5.29. The third kappa shape index (κ3) is 4.32. The van der Waals surface area contributed by atoms with Crippen LogP contribution in [0.15, 0.2) is 40.9 Å². The molecule has 0 aliphatic carbocycles. The van der Waals surface area contributed by atoms with Crippen molar-refractivity contribution in [2.24, 2.45) is 0 Å². The van der Waals surface area contributed by atoms with Crippen LogP contribution in [-0.4, -0.2) is 11.1 Å². The summed E-state index contributed by atoms with van der Waals surface area (Å²) >= 11 is 9.25. The molecule has 1 aromatic rings. The zero-order valence-electron chi connectivity index (χ0n) is 7.65. The van der Waals surface area contributed by atoms with Crippen molar-refractivity contribution in [3.05, 3.63) is 51.5 Å². The minimum Gasteiger partial charge on any atom is -0.478 e. The summed E-state index contributed by atoms with van der Waals surface area (Å²) in [7, 11) is 0. The third-order valence-electron chi connectivity index (χ3n) is 1.59. The topological polar surface area (TPSA) is 37.3 Å². The molecular formula is C11H8BrClO2. The Kier molecular flexibility index (Phi) is 4.59. The van der Waals surface area contributed by atoms with Gasteiger partial charge in [-0.15, -0.1) is 0 Å².